The number of carbonyl (C=O) groups is 1. The molecule has 2 aromatic carbocycles. The van der Waals surface area contributed by atoms with Crippen LogP contribution in [0.2, 0.25) is 5.02 Å². The molecule has 5 nitrogen and oxygen atoms in total. The molecule has 0 radical (unpaired) electrons. The van der Waals surface area contributed by atoms with Gasteiger partial charge >= 0.3 is 6.18 Å². The summed E-state index contributed by atoms with van der Waals surface area (Å²) in [6.45, 7) is 1.48. The molecular formula is C18H13ClF4N4O. The van der Waals surface area contributed by atoms with E-state index < -0.39 is 23.9 Å². The van der Waals surface area contributed by atoms with E-state index in [9.17, 15) is 22.4 Å². The van der Waals surface area contributed by atoms with Crippen molar-refractivity contribution in [2.75, 3.05) is 0 Å². The third-order valence-electron chi connectivity index (χ3n) is 4.00. The molecule has 0 aliphatic heterocycles. The van der Waals surface area contributed by atoms with Crippen molar-refractivity contribution in [1.82, 2.24) is 20.3 Å². The van der Waals surface area contributed by atoms with Gasteiger partial charge in [0.2, 0.25) is 0 Å². The highest BCUT2D eigenvalue weighted by Gasteiger charge is 2.42. The molecule has 0 bridgehead atoms. The Bertz CT molecular complexity index is 1000. The number of benzene rings is 2. The van der Waals surface area contributed by atoms with E-state index in [-0.39, 0.29) is 17.0 Å². The Morgan fingerprint density at radius 2 is 1.79 bits per heavy atom. The summed E-state index contributed by atoms with van der Waals surface area (Å²) in [4.78, 5) is 12.5. The van der Waals surface area contributed by atoms with Crippen LogP contribution in [-0.2, 0) is 0 Å². The molecule has 3 aromatic rings. The minimum absolute atomic E-state index is 0.214. The monoisotopic (exact) mass is 412 g/mol. The second-order valence-corrected chi connectivity index (χ2v) is 6.29. The molecule has 3 rings (SSSR count). The van der Waals surface area contributed by atoms with Gasteiger partial charge in [-0.25, -0.2) is 9.07 Å². The fourth-order valence-electron chi connectivity index (χ4n) is 2.60. The zero-order valence-electron chi connectivity index (χ0n) is 14.3. The molecule has 1 aromatic heterocycles. The van der Waals surface area contributed by atoms with Crippen LogP contribution in [0.3, 0.4) is 0 Å². The Hall–Kier alpha value is -2.94. The Balaban J connectivity index is 1.91. The number of hydrogen-bond acceptors (Lipinski definition) is 3. The predicted molar refractivity (Wildman–Crippen MR) is 93.8 cm³/mol. The summed E-state index contributed by atoms with van der Waals surface area (Å²) >= 11 is 6.09. The van der Waals surface area contributed by atoms with E-state index in [4.69, 9.17) is 11.6 Å². The van der Waals surface area contributed by atoms with Crippen molar-refractivity contribution in [1.29, 1.82) is 0 Å². The average molecular weight is 413 g/mol. The van der Waals surface area contributed by atoms with Crippen LogP contribution in [-0.4, -0.2) is 27.1 Å². The maximum atomic E-state index is 13.4. The van der Waals surface area contributed by atoms with Gasteiger partial charge in [-0.2, -0.15) is 13.2 Å². The van der Waals surface area contributed by atoms with Crippen LogP contribution in [0.5, 0.6) is 0 Å². The minimum Gasteiger partial charge on any atom is -0.335 e. The van der Waals surface area contributed by atoms with E-state index >= 15 is 0 Å². The smallest absolute Gasteiger partial charge is 0.335 e. The van der Waals surface area contributed by atoms with Crippen LogP contribution >= 0.6 is 11.6 Å². The van der Waals surface area contributed by atoms with Crippen molar-refractivity contribution in [3.05, 3.63) is 76.3 Å². The molecule has 0 fully saturated rings. The van der Waals surface area contributed by atoms with Crippen LogP contribution in [0.1, 0.15) is 27.8 Å². The molecule has 1 amide bonds. The van der Waals surface area contributed by atoms with Gasteiger partial charge in [0.1, 0.15) is 5.82 Å². The standard InChI is InChI=1S/C18H13ClF4N4O/c1-10-15(25-26-27(10)14-5-3-2-4-13(14)19)17(28)24-16(18(21,22)23)11-6-8-12(20)9-7-11/h2-9,16H,1H3,(H,24,28). The fourth-order valence-corrected chi connectivity index (χ4v) is 2.82. The number of halogens is 5. The number of amides is 1. The van der Waals surface area contributed by atoms with E-state index in [1.54, 1.807) is 24.3 Å². The highest BCUT2D eigenvalue weighted by molar-refractivity contribution is 6.32. The molecule has 1 unspecified atom stereocenters. The molecule has 0 aliphatic rings. The summed E-state index contributed by atoms with van der Waals surface area (Å²) in [7, 11) is 0. The lowest BCUT2D eigenvalue weighted by molar-refractivity contribution is -0.155. The van der Waals surface area contributed by atoms with Gasteiger partial charge in [-0.15, -0.1) is 5.10 Å². The highest BCUT2D eigenvalue weighted by Crippen LogP contribution is 2.33. The number of hydrogen-bond donors (Lipinski definition) is 1. The first-order valence-corrected chi connectivity index (χ1v) is 8.36. The van der Waals surface area contributed by atoms with Crippen LogP contribution < -0.4 is 5.32 Å². The Morgan fingerprint density at radius 1 is 1.14 bits per heavy atom. The zero-order valence-corrected chi connectivity index (χ0v) is 15.1. The topological polar surface area (TPSA) is 59.8 Å². The molecule has 28 heavy (non-hydrogen) atoms. The number of nitrogens with zero attached hydrogens (tertiary/aromatic N) is 3. The van der Waals surface area contributed by atoms with Gasteiger partial charge in [0.25, 0.3) is 5.91 Å². The molecule has 1 heterocycles. The first kappa shape index (κ1) is 19.8. The molecule has 0 saturated carbocycles. The number of aromatic nitrogens is 3. The second-order valence-electron chi connectivity index (χ2n) is 5.89. The summed E-state index contributed by atoms with van der Waals surface area (Å²) in [5, 5.41) is 9.73. The van der Waals surface area contributed by atoms with Crippen LogP contribution in [0.25, 0.3) is 5.69 Å². The summed E-state index contributed by atoms with van der Waals surface area (Å²) in [5.74, 6) is -1.75. The van der Waals surface area contributed by atoms with Crippen molar-refractivity contribution in [3.8, 4) is 5.69 Å². The quantitative estimate of drug-likeness (QED) is 0.646. The molecule has 0 aliphatic carbocycles. The van der Waals surface area contributed by atoms with Crippen molar-refractivity contribution in [2.45, 2.75) is 19.1 Å². The van der Waals surface area contributed by atoms with Crippen LogP contribution in [0.4, 0.5) is 17.6 Å². The predicted octanol–water partition coefficient (Wildman–Crippen LogP) is 4.40. The van der Waals surface area contributed by atoms with Gasteiger partial charge in [-0.3, -0.25) is 4.79 Å². The summed E-state index contributed by atoms with van der Waals surface area (Å²) < 4.78 is 54.6. The van der Waals surface area contributed by atoms with Crippen molar-refractivity contribution >= 4 is 17.5 Å². The molecule has 1 N–H and O–H groups in total. The van der Waals surface area contributed by atoms with Gasteiger partial charge in [-0.1, -0.05) is 41.1 Å². The number of carbonyl (C=O) groups excluding carboxylic acids is 1. The molecule has 1 atom stereocenters. The number of rotatable bonds is 4. The first-order chi connectivity index (χ1) is 13.2. The van der Waals surface area contributed by atoms with Crippen LogP contribution in [0, 0.1) is 12.7 Å². The maximum Gasteiger partial charge on any atom is 0.412 e. The number of nitrogens with one attached hydrogen (secondary N) is 1. The lowest BCUT2D eigenvalue weighted by Crippen LogP contribution is -2.38. The largest absolute Gasteiger partial charge is 0.412 e. The Labute approximate surface area is 161 Å². The minimum atomic E-state index is -4.79. The average Bonchev–Trinajstić information content (AvgIpc) is 3.01. The van der Waals surface area contributed by atoms with Crippen molar-refractivity contribution < 1.29 is 22.4 Å². The number of para-hydroxylation sites is 1. The third kappa shape index (κ3) is 3.99. The highest BCUT2D eigenvalue weighted by atomic mass is 35.5. The lowest BCUT2D eigenvalue weighted by Gasteiger charge is -2.21. The lowest BCUT2D eigenvalue weighted by atomic mass is 10.1. The normalized spacial score (nSPS) is 12.6. The van der Waals surface area contributed by atoms with Gasteiger partial charge in [0.15, 0.2) is 11.7 Å². The Morgan fingerprint density at radius 3 is 2.39 bits per heavy atom. The summed E-state index contributed by atoms with van der Waals surface area (Å²) in [6.07, 6.45) is -4.79. The van der Waals surface area contributed by atoms with E-state index in [0.29, 0.717) is 10.7 Å². The van der Waals surface area contributed by atoms with Gasteiger partial charge in [0, 0.05) is 0 Å². The Kier molecular flexibility index (Phi) is 5.37. The van der Waals surface area contributed by atoms with Crippen LogP contribution in [0.15, 0.2) is 48.5 Å². The fraction of sp³-hybridized carbons (Fsp3) is 0.167. The third-order valence-corrected chi connectivity index (χ3v) is 4.32. The molecule has 10 heteroatoms. The van der Waals surface area contributed by atoms with Crippen molar-refractivity contribution in [3.63, 3.8) is 0 Å². The number of alkyl halides is 3. The SMILES string of the molecule is Cc1c(C(=O)NC(c2ccc(F)cc2)C(F)(F)F)nnn1-c1ccccc1Cl. The van der Waals surface area contributed by atoms with Crippen molar-refractivity contribution in [2.24, 2.45) is 0 Å². The second kappa shape index (κ2) is 7.59. The summed E-state index contributed by atoms with van der Waals surface area (Å²) in [5.41, 5.74) is 0.0550. The van der Waals surface area contributed by atoms with E-state index in [0.717, 1.165) is 24.3 Å². The molecular weight excluding hydrogens is 400 g/mol. The first-order valence-electron chi connectivity index (χ1n) is 7.98. The molecule has 0 saturated heterocycles. The van der Waals surface area contributed by atoms with E-state index in [2.05, 4.69) is 10.3 Å². The maximum absolute atomic E-state index is 13.4. The zero-order chi connectivity index (χ0) is 20.5. The van der Waals surface area contributed by atoms with Gasteiger partial charge in [0.05, 0.1) is 16.4 Å². The van der Waals surface area contributed by atoms with Gasteiger partial charge < -0.3 is 5.32 Å². The van der Waals surface area contributed by atoms with Gasteiger partial charge in [-0.05, 0) is 36.8 Å². The molecule has 0 spiro atoms. The summed E-state index contributed by atoms with van der Waals surface area (Å²) in [6, 6.07) is 7.99. The molecule has 146 valence electrons. The van der Waals surface area contributed by atoms with E-state index in [1.165, 1.54) is 11.6 Å². The van der Waals surface area contributed by atoms with E-state index in [1.807, 2.05) is 5.32 Å².